The molecular weight excluding hydrogens is 460 g/mol. The summed E-state index contributed by atoms with van der Waals surface area (Å²) in [5.41, 5.74) is -4.74. The van der Waals surface area contributed by atoms with Crippen LogP contribution in [0, 0.1) is 24.4 Å². The Morgan fingerprint density at radius 3 is 2.27 bits per heavy atom. The van der Waals surface area contributed by atoms with Gasteiger partial charge in [0.1, 0.15) is 17.1 Å². The van der Waals surface area contributed by atoms with E-state index in [9.17, 15) is 41.0 Å². The molecule has 0 aliphatic carbocycles. The zero-order valence-electron chi connectivity index (χ0n) is 16.7. The lowest BCUT2D eigenvalue weighted by Crippen LogP contribution is -2.18. The van der Waals surface area contributed by atoms with Gasteiger partial charge in [0.2, 0.25) is 11.6 Å². The molecule has 0 aliphatic heterocycles. The Morgan fingerprint density at radius 1 is 1.03 bits per heavy atom. The molecule has 3 aromatic rings. The second kappa shape index (κ2) is 8.52. The number of pyridine rings is 1. The predicted octanol–water partition coefficient (Wildman–Crippen LogP) is 5.29. The molecule has 0 saturated heterocycles. The molecule has 12 heteroatoms. The molecule has 1 heterocycles. The Morgan fingerprint density at radius 2 is 1.70 bits per heavy atom. The van der Waals surface area contributed by atoms with Gasteiger partial charge in [-0.25, -0.2) is 13.6 Å². The number of H-pyrrole nitrogens is 1. The van der Waals surface area contributed by atoms with Crippen LogP contribution < -0.4 is 14.9 Å². The Balaban J connectivity index is 2.37. The molecule has 0 unspecified atom stereocenters. The topological polar surface area (TPSA) is 88.6 Å². The van der Waals surface area contributed by atoms with Crippen LogP contribution in [0.3, 0.4) is 0 Å². The first kappa shape index (κ1) is 23.7. The van der Waals surface area contributed by atoms with Gasteiger partial charge in [-0.05, 0) is 31.2 Å². The number of carboxylic acids is 1. The van der Waals surface area contributed by atoms with Crippen LogP contribution in [-0.2, 0) is 6.18 Å². The van der Waals surface area contributed by atoms with E-state index in [0.717, 1.165) is 19.2 Å². The van der Waals surface area contributed by atoms with Crippen LogP contribution in [0.2, 0.25) is 0 Å². The van der Waals surface area contributed by atoms with Gasteiger partial charge in [-0.3, -0.25) is 4.79 Å². The lowest BCUT2D eigenvalue weighted by Gasteiger charge is -2.18. The molecule has 0 fully saturated rings. The number of hydrogen-bond acceptors (Lipinski definition) is 4. The number of carbonyl (C=O) groups is 1. The molecule has 0 saturated carbocycles. The average molecular weight is 473 g/mol. The third-order valence-corrected chi connectivity index (χ3v) is 4.46. The first-order chi connectivity index (χ1) is 15.3. The Labute approximate surface area is 181 Å². The molecule has 0 atom stereocenters. The smallest absolute Gasteiger partial charge is 0.419 e. The Kier molecular flexibility index (Phi) is 6.12. The lowest BCUT2D eigenvalue weighted by molar-refractivity contribution is -0.140. The third-order valence-electron chi connectivity index (χ3n) is 4.46. The normalized spacial score (nSPS) is 11.4. The van der Waals surface area contributed by atoms with E-state index in [-0.39, 0.29) is 11.8 Å². The molecule has 3 rings (SSSR count). The number of nitrogens with one attached hydrogen (secondary N) is 1. The maximum Gasteiger partial charge on any atom is 0.419 e. The van der Waals surface area contributed by atoms with Crippen molar-refractivity contribution in [3.8, 4) is 28.5 Å². The standard InChI is InChI=1S/C21H13F6NO5/c1-8-5-13(29)16(20(30)31)18(28-8)9-6-12(23)10(21(25,26)27)7-15(9)33-14-4-3-11(22)17(24)19(14)32-2/h3-7H,1-2H3,(H,28,29)(H,30,31). The highest BCUT2D eigenvalue weighted by Gasteiger charge is 2.36. The summed E-state index contributed by atoms with van der Waals surface area (Å²) >= 11 is 0. The first-order valence-electron chi connectivity index (χ1n) is 8.93. The van der Waals surface area contributed by atoms with Crippen LogP contribution in [0.1, 0.15) is 21.6 Å². The highest BCUT2D eigenvalue weighted by atomic mass is 19.4. The third kappa shape index (κ3) is 4.49. The number of aromatic carboxylic acids is 1. The van der Waals surface area contributed by atoms with Crippen molar-refractivity contribution in [1.29, 1.82) is 0 Å². The van der Waals surface area contributed by atoms with Crippen LogP contribution in [0.25, 0.3) is 11.3 Å². The molecule has 0 spiro atoms. The van der Waals surface area contributed by atoms with Crippen molar-refractivity contribution in [3.63, 3.8) is 0 Å². The summed E-state index contributed by atoms with van der Waals surface area (Å²) in [6.07, 6.45) is -5.19. The zero-order chi connectivity index (χ0) is 24.7. The van der Waals surface area contributed by atoms with Crippen molar-refractivity contribution in [2.24, 2.45) is 0 Å². The molecule has 0 amide bonds. The number of aromatic nitrogens is 1. The number of aryl methyl sites for hydroxylation is 1. The van der Waals surface area contributed by atoms with E-state index >= 15 is 0 Å². The summed E-state index contributed by atoms with van der Waals surface area (Å²) in [7, 11) is 0.942. The highest BCUT2D eigenvalue weighted by molar-refractivity contribution is 5.95. The zero-order valence-corrected chi connectivity index (χ0v) is 16.7. The summed E-state index contributed by atoms with van der Waals surface area (Å²) in [6.45, 7) is 1.36. The molecule has 2 aromatic carbocycles. The van der Waals surface area contributed by atoms with Crippen LogP contribution in [0.5, 0.6) is 17.2 Å². The fourth-order valence-corrected chi connectivity index (χ4v) is 3.06. The van der Waals surface area contributed by atoms with Crippen molar-refractivity contribution in [3.05, 3.63) is 74.8 Å². The molecule has 0 aliphatic rings. The maximum absolute atomic E-state index is 14.4. The predicted molar refractivity (Wildman–Crippen MR) is 102 cm³/mol. The Hall–Kier alpha value is -3.96. The highest BCUT2D eigenvalue weighted by Crippen LogP contribution is 2.43. The van der Waals surface area contributed by atoms with Crippen LogP contribution >= 0.6 is 0 Å². The van der Waals surface area contributed by atoms with Gasteiger partial charge in [-0.15, -0.1) is 0 Å². The SMILES string of the molecule is COc1c(Oc2cc(C(F)(F)F)c(F)cc2-c2[nH]c(C)cc(=O)c2C(=O)O)ccc(F)c1F. The van der Waals surface area contributed by atoms with Gasteiger partial charge in [0.15, 0.2) is 17.0 Å². The quantitative estimate of drug-likeness (QED) is 0.492. The summed E-state index contributed by atoms with van der Waals surface area (Å²) < 4.78 is 91.9. The number of methoxy groups -OCH3 is 1. The molecule has 174 valence electrons. The van der Waals surface area contributed by atoms with Crippen molar-refractivity contribution >= 4 is 5.97 Å². The number of halogens is 6. The van der Waals surface area contributed by atoms with Gasteiger partial charge in [-0.1, -0.05) is 0 Å². The number of hydrogen-bond donors (Lipinski definition) is 2. The second-order valence-electron chi connectivity index (χ2n) is 6.69. The minimum absolute atomic E-state index is 0.108. The van der Waals surface area contributed by atoms with E-state index in [0.29, 0.717) is 12.1 Å². The largest absolute Gasteiger partial charge is 0.490 e. The number of ether oxygens (including phenoxy) is 2. The molecule has 33 heavy (non-hydrogen) atoms. The second-order valence-corrected chi connectivity index (χ2v) is 6.69. The molecule has 6 nitrogen and oxygen atoms in total. The fraction of sp³-hybridized carbons (Fsp3) is 0.143. The monoisotopic (exact) mass is 473 g/mol. The number of rotatable bonds is 5. The van der Waals surface area contributed by atoms with Gasteiger partial charge in [0.25, 0.3) is 0 Å². The minimum atomic E-state index is -5.19. The summed E-state index contributed by atoms with van der Waals surface area (Å²) in [4.78, 5) is 26.4. The Bertz CT molecular complexity index is 1320. The number of alkyl halides is 3. The molecular formula is C21H13F6NO5. The number of benzene rings is 2. The summed E-state index contributed by atoms with van der Waals surface area (Å²) in [5, 5.41) is 9.44. The van der Waals surface area contributed by atoms with Gasteiger partial charge in [0, 0.05) is 17.3 Å². The van der Waals surface area contributed by atoms with E-state index in [1.165, 1.54) is 6.92 Å². The summed E-state index contributed by atoms with van der Waals surface area (Å²) in [6, 6.07) is 2.90. The van der Waals surface area contributed by atoms with Crippen molar-refractivity contribution < 1.29 is 45.7 Å². The lowest BCUT2D eigenvalue weighted by atomic mass is 10.0. The van der Waals surface area contributed by atoms with E-state index < -0.39 is 74.7 Å². The van der Waals surface area contributed by atoms with Crippen LogP contribution in [0.4, 0.5) is 26.3 Å². The molecule has 0 bridgehead atoms. The number of carboxylic acid groups (broad SMARTS) is 1. The van der Waals surface area contributed by atoms with Gasteiger partial charge >= 0.3 is 12.1 Å². The maximum atomic E-state index is 14.4. The molecule has 2 N–H and O–H groups in total. The van der Waals surface area contributed by atoms with Gasteiger partial charge in [0.05, 0.1) is 18.4 Å². The van der Waals surface area contributed by atoms with Crippen molar-refractivity contribution in [2.75, 3.05) is 7.11 Å². The first-order valence-corrected chi connectivity index (χ1v) is 8.93. The van der Waals surface area contributed by atoms with E-state index in [1.54, 1.807) is 0 Å². The van der Waals surface area contributed by atoms with Crippen molar-refractivity contribution in [2.45, 2.75) is 13.1 Å². The summed E-state index contributed by atoms with van der Waals surface area (Å²) in [5.74, 6) is -8.60. The minimum Gasteiger partial charge on any atom is -0.490 e. The van der Waals surface area contributed by atoms with Crippen molar-refractivity contribution in [1.82, 2.24) is 4.98 Å². The van der Waals surface area contributed by atoms with E-state index in [1.807, 2.05) is 0 Å². The molecule has 0 radical (unpaired) electrons. The van der Waals surface area contributed by atoms with E-state index in [4.69, 9.17) is 9.47 Å². The van der Waals surface area contributed by atoms with Crippen LogP contribution in [-0.4, -0.2) is 23.2 Å². The van der Waals surface area contributed by atoms with E-state index in [2.05, 4.69) is 4.98 Å². The van der Waals surface area contributed by atoms with Gasteiger partial charge < -0.3 is 19.6 Å². The molecule has 1 aromatic heterocycles. The van der Waals surface area contributed by atoms with Gasteiger partial charge in [-0.2, -0.15) is 17.6 Å². The van der Waals surface area contributed by atoms with Crippen LogP contribution in [0.15, 0.2) is 35.1 Å². The number of aromatic amines is 1. The fourth-order valence-electron chi connectivity index (χ4n) is 3.06. The average Bonchev–Trinajstić information content (AvgIpc) is 2.70.